The lowest BCUT2D eigenvalue weighted by Crippen LogP contribution is -2.50. The maximum atomic E-state index is 11.4. The molecular formula is C10H17N3O5. The molecule has 1 fully saturated rings. The fourth-order valence-corrected chi connectivity index (χ4v) is 1.93. The quantitative estimate of drug-likeness (QED) is 0.400. The van der Waals surface area contributed by atoms with Gasteiger partial charge in [0.05, 0.1) is 6.04 Å². The Balaban J connectivity index is 2.68. The minimum Gasteiger partial charge on any atom is -0.465 e. The van der Waals surface area contributed by atoms with E-state index in [-0.39, 0.29) is 18.2 Å². The molecule has 0 radical (unpaired) electrons. The van der Waals surface area contributed by atoms with Crippen LogP contribution in [0.5, 0.6) is 0 Å². The van der Waals surface area contributed by atoms with Crippen LogP contribution in [0.2, 0.25) is 0 Å². The molecule has 0 aromatic heterocycles. The van der Waals surface area contributed by atoms with Gasteiger partial charge in [-0.2, -0.15) is 0 Å². The van der Waals surface area contributed by atoms with E-state index in [1.165, 1.54) is 7.05 Å². The molecule has 1 saturated heterocycles. The Morgan fingerprint density at radius 2 is 2.22 bits per heavy atom. The van der Waals surface area contributed by atoms with Crippen LogP contribution >= 0.6 is 0 Å². The van der Waals surface area contributed by atoms with Gasteiger partial charge in [0.1, 0.15) is 0 Å². The number of carbonyl (C=O) groups is 3. The third kappa shape index (κ3) is 3.59. The number of aliphatic hydroxyl groups excluding tert-OH is 1. The van der Waals surface area contributed by atoms with Gasteiger partial charge in [-0.15, -0.1) is 0 Å². The van der Waals surface area contributed by atoms with Crippen molar-refractivity contribution in [2.45, 2.75) is 25.0 Å². The molecule has 0 saturated carbocycles. The lowest BCUT2D eigenvalue weighted by Gasteiger charge is -2.23. The summed E-state index contributed by atoms with van der Waals surface area (Å²) in [6.07, 6.45) is -2.20. The molecule has 0 aromatic carbocycles. The van der Waals surface area contributed by atoms with Crippen LogP contribution in [0.3, 0.4) is 0 Å². The number of amides is 3. The van der Waals surface area contributed by atoms with E-state index < -0.39 is 24.1 Å². The Morgan fingerprint density at radius 1 is 1.56 bits per heavy atom. The van der Waals surface area contributed by atoms with Crippen molar-refractivity contribution in [3.8, 4) is 0 Å². The van der Waals surface area contributed by atoms with Crippen LogP contribution in [-0.2, 0) is 9.59 Å². The average molecular weight is 259 g/mol. The molecule has 0 aliphatic carbocycles. The summed E-state index contributed by atoms with van der Waals surface area (Å²) in [5, 5.41) is 25.3. The maximum Gasteiger partial charge on any atom is 0.404 e. The number of hydrogen-bond donors (Lipinski definition) is 5. The van der Waals surface area contributed by atoms with Gasteiger partial charge in [0.2, 0.25) is 5.91 Å². The zero-order valence-electron chi connectivity index (χ0n) is 9.97. The van der Waals surface area contributed by atoms with Crippen LogP contribution in [0.15, 0.2) is 0 Å². The molecule has 5 N–H and O–H groups in total. The van der Waals surface area contributed by atoms with E-state index in [9.17, 15) is 19.5 Å². The summed E-state index contributed by atoms with van der Waals surface area (Å²) >= 11 is 0. The summed E-state index contributed by atoms with van der Waals surface area (Å²) in [4.78, 5) is 33.3. The molecule has 1 aliphatic heterocycles. The van der Waals surface area contributed by atoms with Gasteiger partial charge >= 0.3 is 6.09 Å². The normalized spacial score (nSPS) is 21.9. The predicted octanol–water partition coefficient (Wildman–Crippen LogP) is -1.74. The number of rotatable bonds is 5. The monoisotopic (exact) mass is 259 g/mol. The summed E-state index contributed by atoms with van der Waals surface area (Å²) in [5.41, 5.74) is 0. The van der Waals surface area contributed by atoms with Crippen molar-refractivity contribution < 1.29 is 24.6 Å². The maximum absolute atomic E-state index is 11.4. The molecule has 3 atom stereocenters. The Bertz CT molecular complexity index is 346. The lowest BCUT2D eigenvalue weighted by atomic mass is 9.95. The molecule has 8 heteroatoms. The van der Waals surface area contributed by atoms with Crippen molar-refractivity contribution in [3.63, 3.8) is 0 Å². The highest BCUT2D eigenvalue weighted by atomic mass is 16.4. The largest absolute Gasteiger partial charge is 0.465 e. The molecule has 1 aliphatic rings. The molecule has 0 bridgehead atoms. The second kappa shape index (κ2) is 6.20. The standard InChI is InChI=1S/C10H17N3O5/c1-11-9(16)7(14)6(13-10(17)18)4-5-2-3-12-8(5)15/h5-7,13-14H,2-4H2,1H3,(H,11,16)(H,12,15)(H,17,18)/t5-,6-,7?/m0/s1. The Labute approximate surface area is 104 Å². The van der Waals surface area contributed by atoms with Crippen LogP contribution in [0.1, 0.15) is 12.8 Å². The zero-order chi connectivity index (χ0) is 13.7. The van der Waals surface area contributed by atoms with Crippen LogP contribution in [0.4, 0.5) is 4.79 Å². The predicted molar refractivity (Wildman–Crippen MR) is 60.8 cm³/mol. The molecule has 8 nitrogen and oxygen atoms in total. The Kier molecular flexibility index (Phi) is 4.90. The molecule has 18 heavy (non-hydrogen) atoms. The summed E-state index contributed by atoms with van der Waals surface area (Å²) in [6.45, 7) is 0.527. The van der Waals surface area contributed by atoms with Gasteiger partial charge in [0.15, 0.2) is 6.10 Å². The van der Waals surface area contributed by atoms with Gasteiger partial charge < -0.3 is 26.2 Å². The first-order valence-electron chi connectivity index (χ1n) is 5.62. The first-order chi connectivity index (χ1) is 8.45. The third-order valence-electron chi connectivity index (χ3n) is 2.91. The molecule has 102 valence electrons. The minimum absolute atomic E-state index is 0.0900. The van der Waals surface area contributed by atoms with E-state index in [0.717, 1.165) is 0 Å². The molecule has 1 unspecified atom stereocenters. The van der Waals surface area contributed by atoms with E-state index in [4.69, 9.17) is 5.11 Å². The van der Waals surface area contributed by atoms with Crippen molar-refractivity contribution in [1.82, 2.24) is 16.0 Å². The highest BCUT2D eigenvalue weighted by Crippen LogP contribution is 2.17. The van der Waals surface area contributed by atoms with E-state index in [2.05, 4.69) is 16.0 Å². The molecule has 1 rings (SSSR count). The number of aliphatic hydroxyl groups is 1. The second-order valence-electron chi connectivity index (χ2n) is 4.13. The first kappa shape index (κ1) is 14.2. The van der Waals surface area contributed by atoms with Crippen molar-refractivity contribution in [2.75, 3.05) is 13.6 Å². The van der Waals surface area contributed by atoms with Crippen molar-refractivity contribution in [3.05, 3.63) is 0 Å². The van der Waals surface area contributed by atoms with Crippen molar-refractivity contribution in [2.24, 2.45) is 5.92 Å². The number of carboxylic acid groups (broad SMARTS) is 1. The van der Waals surface area contributed by atoms with Gasteiger partial charge in [0, 0.05) is 19.5 Å². The minimum atomic E-state index is -1.51. The number of nitrogens with one attached hydrogen (secondary N) is 3. The topological polar surface area (TPSA) is 128 Å². The highest BCUT2D eigenvalue weighted by molar-refractivity contribution is 5.83. The first-order valence-corrected chi connectivity index (χ1v) is 5.62. The van der Waals surface area contributed by atoms with Crippen LogP contribution in [0, 0.1) is 5.92 Å². The van der Waals surface area contributed by atoms with Gasteiger partial charge in [-0.25, -0.2) is 4.79 Å². The SMILES string of the molecule is CNC(=O)C(O)[C@H](C[C@@H]1CCNC1=O)NC(=O)O. The van der Waals surface area contributed by atoms with E-state index in [1.54, 1.807) is 0 Å². The third-order valence-corrected chi connectivity index (χ3v) is 2.91. The van der Waals surface area contributed by atoms with Crippen molar-refractivity contribution >= 4 is 17.9 Å². The van der Waals surface area contributed by atoms with Crippen LogP contribution < -0.4 is 16.0 Å². The summed E-state index contributed by atoms with van der Waals surface area (Å²) in [5.74, 6) is -1.26. The van der Waals surface area contributed by atoms with Crippen LogP contribution in [-0.4, -0.2) is 53.9 Å². The summed E-state index contributed by atoms with van der Waals surface area (Å²) in [7, 11) is 1.34. The summed E-state index contributed by atoms with van der Waals surface area (Å²) < 4.78 is 0. The zero-order valence-corrected chi connectivity index (χ0v) is 9.97. The van der Waals surface area contributed by atoms with Gasteiger partial charge in [-0.3, -0.25) is 9.59 Å². The number of hydrogen-bond acceptors (Lipinski definition) is 4. The summed E-state index contributed by atoms with van der Waals surface area (Å²) in [6, 6.07) is -1.00. The van der Waals surface area contributed by atoms with Gasteiger partial charge in [0.25, 0.3) is 5.91 Å². The van der Waals surface area contributed by atoms with Gasteiger partial charge in [-0.1, -0.05) is 0 Å². The van der Waals surface area contributed by atoms with E-state index >= 15 is 0 Å². The van der Waals surface area contributed by atoms with E-state index in [0.29, 0.717) is 13.0 Å². The number of likely N-dealkylation sites (N-methyl/N-ethyl adjacent to an activating group) is 1. The second-order valence-corrected chi connectivity index (χ2v) is 4.13. The smallest absolute Gasteiger partial charge is 0.404 e. The molecule has 1 heterocycles. The van der Waals surface area contributed by atoms with Gasteiger partial charge in [-0.05, 0) is 12.8 Å². The van der Waals surface area contributed by atoms with E-state index in [1.807, 2.05) is 0 Å². The average Bonchev–Trinajstić information content (AvgIpc) is 2.71. The Morgan fingerprint density at radius 3 is 2.67 bits per heavy atom. The molecule has 0 spiro atoms. The van der Waals surface area contributed by atoms with Crippen molar-refractivity contribution in [1.29, 1.82) is 0 Å². The molecule has 3 amide bonds. The van der Waals surface area contributed by atoms with Crippen LogP contribution in [0.25, 0.3) is 0 Å². The lowest BCUT2D eigenvalue weighted by molar-refractivity contribution is -0.131. The fraction of sp³-hybridized carbons (Fsp3) is 0.700. The Hall–Kier alpha value is -1.83. The highest BCUT2D eigenvalue weighted by Gasteiger charge is 2.33. The molecule has 0 aromatic rings. The fourth-order valence-electron chi connectivity index (χ4n) is 1.93. The molecular weight excluding hydrogens is 242 g/mol. The number of carbonyl (C=O) groups excluding carboxylic acids is 2.